The molecular formula is C19H26N4O4. The number of fused-ring (bicyclic) bond motifs is 1. The lowest BCUT2D eigenvalue weighted by molar-refractivity contribution is -0.148. The summed E-state index contributed by atoms with van der Waals surface area (Å²) in [5.74, 6) is -1.38. The van der Waals surface area contributed by atoms with Gasteiger partial charge in [0.15, 0.2) is 0 Å². The number of carbonyl (C=O) groups excluding carboxylic acids is 2. The molecule has 1 N–H and O–H groups in total. The summed E-state index contributed by atoms with van der Waals surface area (Å²) in [7, 11) is 7.11. The predicted octanol–water partition coefficient (Wildman–Crippen LogP) is 0.893. The van der Waals surface area contributed by atoms with Gasteiger partial charge >= 0.3 is 12.0 Å². The molecule has 0 unspecified atom stereocenters. The van der Waals surface area contributed by atoms with E-state index in [0.717, 1.165) is 5.69 Å². The van der Waals surface area contributed by atoms with Crippen LogP contribution in [-0.2, 0) is 4.79 Å². The summed E-state index contributed by atoms with van der Waals surface area (Å²) in [6.07, 6.45) is 0. The second kappa shape index (κ2) is 6.75. The SMILES string of the molecule is CN(C)C(=O)N1C[C@@H]2CN(C(=O)c3cccc(N(C)C)c3)C[C@]2(C(=O)O)C1. The van der Waals surface area contributed by atoms with Crippen LogP contribution in [0.2, 0.25) is 0 Å². The molecule has 27 heavy (non-hydrogen) atoms. The van der Waals surface area contributed by atoms with Gasteiger partial charge in [-0.25, -0.2) is 4.79 Å². The van der Waals surface area contributed by atoms with Crippen molar-refractivity contribution in [2.75, 3.05) is 59.3 Å². The highest BCUT2D eigenvalue weighted by Gasteiger charge is 2.59. The second-order valence-electron chi connectivity index (χ2n) is 7.85. The summed E-state index contributed by atoms with van der Waals surface area (Å²) in [6.45, 7) is 0.945. The fourth-order valence-corrected chi connectivity index (χ4v) is 4.05. The van der Waals surface area contributed by atoms with Crippen LogP contribution >= 0.6 is 0 Å². The molecule has 0 spiro atoms. The van der Waals surface area contributed by atoms with Gasteiger partial charge < -0.3 is 24.7 Å². The molecule has 8 nitrogen and oxygen atoms in total. The topological polar surface area (TPSA) is 84.4 Å². The van der Waals surface area contributed by atoms with E-state index >= 15 is 0 Å². The molecule has 2 aliphatic heterocycles. The number of aliphatic carboxylic acids is 1. The van der Waals surface area contributed by atoms with Crippen LogP contribution in [0.15, 0.2) is 24.3 Å². The highest BCUT2D eigenvalue weighted by Crippen LogP contribution is 2.43. The Bertz CT molecular complexity index is 779. The van der Waals surface area contributed by atoms with Crippen LogP contribution in [0.25, 0.3) is 0 Å². The minimum absolute atomic E-state index is 0.120. The van der Waals surface area contributed by atoms with Crippen molar-refractivity contribution >= 4 is 23.6 Å². The number of amides is 3. The maximum atomic E-state index is 13.0. The Labute approximate surface area is 158 Å². The number of anilines is 1. The van der Waals surface area contributed by atoms with E-state index in [0.29, 0.717) is 18.7 Å². The van der Waals surface area contributed by atoms with Crippen molar-refractivity contribution in [1.82, 2.24) is 14.7 Å². The van der Waals surface area contributed by atoms with Gasteiger partial charge in [0.25, 0.3) is 5.91 Å². The minimum atomic E-state index is -1.10. The molecule has 2 heterocycles. The molecule has 0 aromatic heterocycles. The number of hydrogen-bond donors (Lipinski definition) is 1. The largest absolute Gasteiger partial charge is 0.481 e. The number of carboxylic acids is 1. The Balaban J connectivity index is 1.81. The summed E-state index contributed by atoms with van der Waals surface area (Å²) in [5.41, 5.74) is 0.361. The number of urea groups is 1. The first-order valence-corrected chi connectivity index (χ1v) is 8.92. The van der Waals surface area contributed by atoms with Crippen molar-refractivity contribution in [2.24, 2.45) is 11.3 Å². The highest BCUT2D eigenvalue weighted by atomic mass is 16.4. The number of carbonyl (C=O) groups is 3. The monoisotopic (exact) mass is 374 g/mol. The first kappa shape index (κ1) is 19.0. The molecule has 1 aromatic carbocycles. The molecule has 2 atom stereocenters. The zero-order valence-electron chi connectivity index (χ0n) is 16.2. The molecule has 2 saturated heterocycles. The normalized spacial score (nSPS) is 23.9. The molecule has 3 rings (SSSR count). The van der Waals surface area contributed by atoms with Crippen molar-refractivity contribution in [1.29, 1.82) is 0 Å². The van der Waals surface area contributed by atoms with Crippen LogP contribution in [0, 0.1) is 11.3 Å². The molecule has 0 aliphatic carbocycles. The van der Waals surface area contributed by atoms with Gasteiger partial charge in [-0.1, -0.05) is 6.07 Å². The third-order valence-electron chi connectivity index (χ3n) is 5.58. The molecule has 146 valence electrons. The average Bonchev–Trinajstić information content (AvgIpc) is 3.16. The third kappa shape index (κ3) is 3.20. The molecule has 3 amide bonds. The first-order valence-electron chi connectivity index (χ1n) is 8.92. The van der Waals surface area contributed by atoms with Gasteiger partial charge in [-0.15, -0.1) is 0 Å². The lowest BCUT2D eigenvalue weighted by Crippen LogP contribution is -2.45. The number of rotatable bonds is 3. The molecule has 0 radical (unpaired) electrons. The number of benzene rings is 1. The van der Waals surface area contributed by atoms with E-state index in [1.54, 1.807) is 30.0 Å². The van der Waals surface area contributed by atoms with Crippen LogP contribution in [0.3, 0.4) is 0 Å². The van der Waals surface area contributed by atoms with E-state index in [9.17, 15) is 19.5 Å². The third-order valence-corrected chi connectivity index (χ3v) is 5.58. The average molecular weight is 374 g/mol. The first-order chi connectivity index (χ1) is 12.7. The molecule has 1 aromatic rings. The number of nitrogens with zero attached hydrogens (tertiary/aromatic N) is 4. The van der Waals surface area contributed by atoms with Crippen molar-refractivity contribution in [3.05, 3.63) is 29.8 Å². The summed E-state index contributed by atoms with van der Waals surface area (Å²) >= 11 is 0. The standard InChI is InChI=1S/C19H26N4O4/c1-20(2)15-7-5-6-13(8-15)16(24)22-9-14-10-23(18(27)21(3)4)12-19(14,11-22)17(25)26/h5-8,14H,9-12H2,1-4H3,(H,25,26)/t14-,19-/m0/s1. The van der Waals surface area contributed by atoms with Crippen LogP contribution in [0.5, 0.6) is 0 Å². The van der Waals surface area contributed by atoms with E-state index in [-0.39, 0.29) is 30.9 Å². The van der Waals surface area contributed by atoms with Crippen molar-refractivity contribution in [2.45, 2.75) is 0 Å². The zero-order chi connectivity index (χ0) is 19.9. The summed E-state index contributed by atoms with van der Waals surface area (Å²) in [5, 5.41) is 9.90. The van der Waals surface area contributed by atoms with Crippen molar-refractivity contribution < 1.29 is 19.5 Å². The molecule has 0 saturated carbocycles. The minimum Gasteiger partial charge on any atom is -0.481 e. The van der Waals surface area contributed by atoms with Gasteiger partial charge in [-0.2, -0.15) is 0 Å². The Morgan fingerprint density at radius 3 is 2.26 bits per heavy atom. The number of hydrogen-bond acceptors (Lipinski definition) is 4. The van der Waals surface area contributed by atoms with Crippen LogP contribution in [0.1, 0.15) is 10.4 Å². The lowest BCUT2D eigenvalue weighted by Gasteiger charge is -2.27. The van der Waals surface area contributed by atoms with E-state index in [1.807, 2.05) is 37.2 Å². The van der Waals surface area contributed by atoms with Gasteiger partial charge in [0.05, 0.1) is 0 Å². The second-order valence-corrected chi connectivity index (χ2v) is 7.85. The van der Waals surface area contributed by atoms with Gasteiger partial charge in [0.1, 0.15) is 5.41 Å². The fraction of sp³-hybridized carbons (Fsp3) is 0.526. The lowest BCUT2D eigenvalue weighted by atomic mass is 9.81. The van der Waals surface area contributed by atoms with E-state index in [1.165, 1.54) is 4.90 Å². The Morgan fingerprint density at radius 2 is 1.70 bits per heavy atom. The Kier molecular flexibility index (Phi) is 4.75. The smallest absolute Gasteiger partial charge is 0.319 e. The van der Waals surface area contributed by atoms with Crippen molar-refractivity contribution in [3.63, 3.8) is 0 Å². The van der Waals surface area contributed by atoms with Gasteiger partial charge in [0, 0.05) is 71.5 Å². The van der Waals surface area contributed by atoms with E-state index in [4.69, 9.17) is 0 Å². The Morgan fingerprint density at radius 1 is 1.07 bits per heavy atom. The van der Waals surface area contributed by atoms with Crippen LogP contribution in [-0.4, -0.2) is 92.1 Å². The zero-order valence-corrected chi connectivity index (χ0v) is 16.2. The van der Waals surface area contributed by atoms with Gasteiger partial charge in [-0.3, -0.25) is 9.59 Å². The van der Waals surface area contributed by atoms with Crippen LogP contribution < -0.4 is 4.90 Å². The number of carboxylic acid groups (broad SMARTS) is 1. The molecule has 2 aliphatic rings. The highest BCUT2D eigenvalue weighted by molar-refractivity contribution is 5.96. The fourth-order valence-electron chi connectivity index (χ4n) is 4.05. The molecular weight excluding hydrogens is 348 g/mol. The van der Waals surface area contributed by atoms with Gasteiger partial charge in [-0.05, 0) is 18.2 Å². The Hall–Kier alpha value is -2.77. The van der Waals surface area contributed by atoms with E-state index < -0.39 is 11.4 Å². The quantitative estimate of drug-likeness (QED) is 0.850. The summed E-state index contributed by atoms with van der Waals surface area (Å²) in [4.78, 5) is 43.9. The maximum Gasteiger partial charge on any atom is 0.319 e. The van der Waals surface area contributed by atoms with Crippen LogP contribution in [0.4, 0.5) is 10.5 Å². The molecule has 2 fully saturated rings. The predicted molar refractivity (Wildman–Crippen MR) is 101 cm³/mol. The van der Waals surface area contributed by atoms with E-state index in [2.05, 4.69) is 0 Å². The molecule has 8 heteroatoms. The summed E-state index contributed by atoms with van der Waals surface area (Å²) in [6, 6.07) is 7.11. The van der Waals surface area contributed by atoms with Gasteiger partial charge in [0.2, 0.25) is 0 Å². The number of likely N-dealkylation sites (tertiary alicyclic amines) is 2. The van der Waals surface area contributed by atoms with Crippen molar-refractivity contribution in [3.8, 4) is 0 Å². The summed E-state index contributed by atoms with van der Waals surface area (Å²) < 4.78 is 0. The maximum absolute atomic E-state index is 13.0. The molecule has 0 bridgehead atoms.